The van der Waals surface area contributed by atoms with E-state index in [0.717, 1.165) is 5.56 Å². The summed E-state index contributed by atoms with van der Waals surface area (Å²) in [5.74, 6) is -3.64. The fraction of sp³-hybridized carbons (Fsp3) is 0.571. The fourth-order valence-corrected chi connectivity index (χ4v) is 4.11. The van der Waals surface area contributed by atoms with Gasteiger partial charge in [0.1, 0.15) is 18.2 Å². The van der Waals surface area contributed by atoms with Crippen LogP contribution in [-0.2, 0) is 30.3 Å². The van der Waals surface area contributed by atoms with Crippen molar-refractivity contribution in [3.63, 3.8) is 0 Å². The molecule has 2 aliphatic heterocycles. The summed E-state index contributed by atoms with van der Waals surface area (Å²) in [7, 11) is 0. The van der Waals surface area contributed by atoms with Gasteiger partial charge < -0.3 is 24.6 Å². The van der Waals surface area contributed by atoms with E-state index in [9.17, 15) is 24.6 Å². The number of fused-ring (bicyclic) bond motifs is 1. The van der Waals surface area contributed by atoms with E-state index >= 15 is 0 Å². The van der Waals surface area contributed by atoms with Crippen molar-refractivity contribution in [1.82, 2.24) is 10.2 Å². The van der Waals surface area contributed by atoms with Crippen molar-refractivity contribution in [2.24, 2.45) is 0 Å². The lowest BCUT2D eigenvalue weighted by atomic mass is 10.0. The van der Waals surface area contributed by atoms with Crippen LogP contribution >= 0.6 is 0 Å². The molecule has 2 saturated heterocycles. The van der Waals surface area contributed by atoms with Gasteiger partial charge in [0.25, 0.3) is 0 Å². The van der Waals surface area contributed by atoms with Crippen molar-refractivity contribution in [1.29, 1.82) is 0 Å². The molecule has 164 valence electrons. The second-order valence-electron chi connectivity index (χ2n) is 8.22. The number of carbonyl (C=O) groups is 3. The Morgan fingerprint density at radius 3 is 2.47 bits per heavy atom. The molecule has 2 aliphatic rings. The zero-order valence-corrected chi connectivity index (χ0v) is 17.3. The highest BCUT2D eigenvalue weighted by molar-refractivity contribution is 5.88. The SMILES string of the molecule is CC(N[C@@H](CCc1ccccc1)C(=O)O)C(=O)N1CC2OC(C)(C)OC2[C@H]1C(=O)O. The fourth-order valence-electron chi connectivity index (χ4n) is 4.11. The number of nitrogens with one attached hydrogen (secondary N) is 1. The van der Waals surface area contributed by atoms with Gasteiger partial charge in [-0.2, -0.15) is 0 Å². The van der Waals surface area contributed by atoms with Crippen LogP contribution in [0.2, 0.25) is 0 Å². The van der Waals surface area contributed by atoms with Gasteiger partial charge >= 0.3 is 11.9 Å². The van der Waals surface area contributed by atoms with Crippen LogP contribution in [0.5, 0.6) is 0 Å². The molecule has 5 atom stereocenters. The maximum Gasteiger partial charge on any atom is 0.329 e. The number of carboxylic acid groups (broad SMARTS) is 2. The van der Waals surface area contributed by atoms with Crippen LogP contribution in [0, 0.1) is 0 Å². The highest BCUT2D eigenvalue weighted by Gasteiger charge is 2.57. The summed E-state index contributed by atoms with van der Waals surface area (Å²) < 4.78 is 11.4. The first-order valence-electron chi connectivity index (χ1n) is 10.0. The average molecular weight is 420 g/mol. The highest BCUT2D eigenvalue weighted by atomic mass is 16.8. The molecule has 1 aromatic rings. The number of carboxylic acids is 2. The quantitative estimate of drug-likeness (QED) is 0.566. The Bertz CT molecular complexity index is 798. The Morgan fingerprint density at radius 2 is 1.87 bits per heavy atom. The largest absolute Gasteiger partial charge is 0.480 e. The van der Waals surface area contributed by atoms with E-state index in [2.05, 4.69) is 5.32 Å². The van der Waals surface area contributed by atoms with E-state index < -0.39 is 54.0 Å². The van der Waals surface area contributed by atoms with Crippen LogP contribution in [0.25, 0.3) is 0 Å². The number of amides is 1. The predicted octanol–water partition coefficient (Wildman–Crippen LogP) is 0.866. The summed E-state index contributed by atoms with van der Waals surface area (Å²) in [6, 6.07) is 6.47. The molecule has 0 bridgehead atoms. The smallest absolute Gasteiger partial charge is 0.329 e. The zero-order chi connectivity index (χ0) is 22.1. The summed E-state index contributed by atoms with van der Waals surface area (Å²) in [5.41, 5.74) is 1.000. The lowest BCUT2D eigenvalue weighted by molar-refractivity contribution is -0.175. The van der Waals surface area contributed by atoms with Gasteiger partial charge in [0.15, 0.2) is 11.8 Å². The molecule has 30 heavy (non-hydrogen) atoms. The molecule has 9 heteroatoms. The first-order chi connectivity index (χ1) is 14.1. The third-order valence-electron chi connectivity index (χ3n) is 5.47. The van der Waals surface area contributed by atoms with E-state index in [1.807, 2.05) is 30.3 Å². The van der Waals surface area contributed by atoms with Crippen molar-refractivity contribution >= 4 is 17.8 Å². The van der Waals surface area contributed by atoms with Crippen LogP contribution in [0.15, 0.2) is 30.3 Å². The van der Waals surface area contributed by atoms with Crippen molar-refractivity contribution in [2.75, 3.05) is 6.54 Å². The number of benzene rings is 1. The molecule has 0 saturated carbocycles. The van der Waals surface area contributed by atoms with E-state index in [0.29, 0.717) is 12.8 Å². The predicted molar refractivity (Wildman–Crippen MR) is 106 cm³/mol. The third-order valence-corrected chi connectivity index (χ3v) is 5.47. The number of aliphatic carboxylic acids is 2. The molecule has 3 unspecified atom stereocenters. The van der Waals surface area contributed by atoms with Gasteiger partial charge in [0.05, 0.1) is 12.6 Å². The van der Waals surface area contributed by atoms with E-state index in [1.54, 1.807) is 20.8 Å². The van der Waals surface area contributed by atoms with Gasteiger partial charge in [-0.3, -0.25) is 14.9 Å². The average Bonchev–Trinajstić information content (AvgIpc) is 3.16. The van der Waals surface area contributed by atoms with Crippen LogP contribution < -0.4 is 5.32 Å². The highest BCUT2D eigenvalue weighted by Crippen LogP contribution is 2.37. The van der Waals surface area contributed by atoms with Gasteiger partial charge in [0.2, 0.25) is 5.91 Å². The number of rotatable bonds is 8. The second kappa shape index (κ2) is 8.71. The topological polar surface area (TPSA) is 125 Å². The van der Waals surface area contributed by atoms with Crippen LogP contribution in [0.3, 0.4) is 0 Å². The van der Waals surface area contributed by atoms with Crippen LogP contribution in [0.1, 0.15) is 32.8 Å². The van der Waals surface area contributed by atoms with Crippen molar-refractivity contribution in [3.05, 3.63) is 35.9 Å². The number of hydrogen-bond donors (Lipinski definition) is 3. The summed E-state index contributed by atoms with van der Waals surface area (Å²) in [6.07, 6.45) is -0.466. The minimum Gasteiger partial charge on any atom is -0.480 e. The Hall–Kier alpha value is -2.49. The molecule has 1 aromatic carbocycles. The second-order valence-corrected chi connectivity index (χ2v) is 8.22. The molecule has 3 rings (SSSR count). The van der Waals surface area contributed by atoms with E-state index in [4.69, 9.17) is 9.47 Å². The number of aryl methyl sites for hydroxylation is 1. The third kappa shape index (κ3) is 4.80. The molecule has 1 amide bonds. The molecule has 0 radical (unpaired) electrons. The first-order valence-corrected chi connectivity index (χ1v) is 10.0. The molecule has 0 aliphatic carbocycles. The normalized spacial score (nSPS) is 26.8. The maximum absolute atomic E-state index is 13.0. The molecule has 2 heterocycles. The van der Waals surface area contributed by atoms with Gasteiger partial charge in [0, 0.05) is 0 Å². The maximum atomic E-state index is 13.0. The Labute approximate surface area is 175 Å². The van der Waals surface area contributed by atoms with Gasteiger partial charge in [-0.05, 0) is 39.2 Å². The first kappa shape index (κ1) is 22.2. The van der Waals surface area contributed by atoms with Gasteiger partial charge in [-0.25, -0.2) is 4.79 Å². The van der Waals surface area contributed by atoms with Gasteiger partial charge in [-0.15, -0.1) is 0 Å². The minimum absolute atomic E-state index is 0.0810. The Kier molecular flexibility index (Phi) is 6.44. The van der Waals surface area contributed by atoms with Crippen molar-refractivity contribution in [3.8, 4) is 0 Å². The number of hydrogen-bond acceptors (Lipinski definition) is 6. The minimum atomic E-state index is -1.18. The summed E-state index contributed by atoms with van der Waals surface area (Å²) >= 11 is 0. The monoisotopic (exact) mass is 420 g/mol. The Balaban J connectivity index is 1.65. The summed E-state index contributed by atoms with van der Waals surface area (Å²) in [6.45, 7) is 5.02. The molecule has 2 fully saturated rings. The number of likely N-dealkylation sites (tertiary alicyclic amines) is 1. The lowest BCUT2D eigenvalue weighted by Crippen LogP contribution is -2.55. The molecular formula is C21H28N2O7. The zero-order valence-electron chi connectivity index (χ0n) is 17.3. The Morgan fingerprint density at radius 1 is 1.20 bits per heavy atom. The number of ether oxygens (including phenoxy) is 2. The van der Waals surface area contributed by atoms with Crippen LogP contribution in [0.4, 0.5) is 0 Å². The van der Waals surface area contributed by atoms with Gasteiger partial charge in [-0.1, -0.05) is 30.3 Å². The standard InChI is InChI=1S/C21H28N2O7/c1-12(22-14(19(25)26)10-9-13-7-5-4-6-8-13)18(24)23-11-15-17(16(23)20(27)28)30-21(2,3)29-15/h4-8,12,14-17,22H,9-11H2,1-3H3,(H,25,26)(H,27,28)/t12?,14-,15?,16-,17?/m0/s1. The molecule has 9 nitrogen and oxygen atoms in total. The molecule has 0 spiro atoms. The molecule has 3 N–H and O–H groups in total. The molecular weight excluding hydrogens is 392 g/mol. The van der Waals surface area contributed by atoms with E-state index in [-0.39, 0.29) is 6.54 Å². The number of carbonyl (C=O) groups excluding carboxylic acids is 1. The van der Waals surface area contributed by atoms with Crippen molar-refractivity contribution in [2.45, 2.75) is 69.7 Å². The summed E-state index contributed by atoms with van der Waals surface area (Å²) in [5, 5.41) is 22.1. The lowest BCUT2D eigenvalue weighted by Gasteiger charge is -2.30. The van der Waals surface area contributed by atoms with E-state index in [1.165, 1.54) is 4.90 Å². The number of nitrogens with zero attached hydrogens (tertiary/aromatic N) is 1. The summed E-state index contributed by atoms with van der Waals surface area (Å²) in [4.78, 5) is 37.7. The van der Waals surface area contributed by atoms with Crippen LogP contribution in [-0.4, -0.2) is 75.6 Å². The molecule has 0 aromatic heterocycles. The van der Waals surface area contributed by atoms with Crippen molar-refractivity contribution < 1.29 is 34.1 Å².